The van der Waals surface area contributed by atoms with Gasteiger partial charge in [-0.05, 0) is 37.0 Å². The highest BCUT2D eigenvalue weighted by Crippen LogP contribution is 2.41. The molecule has 1 saturated carbocycles. The molecule has 0 aromatic carbocycles. The van der Waals surface area contributed by atoms with Gasteiger partial charge in [-0.3, -0.25) is 0 Å². The molecular weight excluding hydrogens is 176 g/mol. The highest BCUT2D eigenvalue weighted by atomic mass is 16.5. The van der Waals surface area contributed by atoms with Crippen molar-refractivity contribution < 1.29 is 9.84 Å². The first-order valence-electron chi connectivity index (χ1n) is 6.10. The molecule has 1 N–H and O–H groups in total. The van der Waals surface area contributed by atoms with E-state index in [-0.39, 0.29) is 0 Å². The van der Waals surface area contributed by atoms with Crippen molar-refractivity contribution in [2.24, 2.45) is 17.8 Å². The first-order valence-corrected chi connectivity index (χ1v) is 6.10. The van der Waals surface area contributed by atoms with Crippen LogP contribution in [0.25, 0.3) is 0 Å². The Labute approximate surface area is 86.6 Å². The maximum atomic E-state index is 8.90. The molecule has 2 fully saturated rings. The van der Waals surface area contributed by atoms with Crippen LogP contribution in [0.2, 0.25) is 0 Å². The summed E-state index contributed by atoms with van der Waals surface area (Å²) in [4.78, 5) is 0. The van der Waals surface area contributed by atoms with Crippen LogP contribution in [0.4, 0.5) is 0 Å². The molecular formula is C12H22O2. The summed E-state index contributed by atoms with van der Waals surface area (Å²) in [6.45, 7) is 2.30. The Morgan fingerprint density at radius 1 is 1.21 bits per heavy atom. The van der Waals surface area contributed by atoms with Crippen molar-refractivity contribution in [1.82, 2.24) is 0 Å². The van der Waals surface area contributed by atoms with Crippen LogP contribution in [0.15, 0.2) is 0 Å². The molecule has 1 heterocycles. The summed E-state index contributed by atoms with van der Waals surface area (Å²) in [6.07, 6.45) is 7.73. The standard InChI is InChI=1S/C12H22O2/c13-7-2-5-12(10-3-1-4-10)11-6-8-14-9-11/h10-13H,1-9H2. The molecule has 14 heavy (non-hydrogen) atoms. The minimum Gasteiger partial charge on any atom is -0.396 e. The second kappa shape index (κ2) is 5.13. The van der Waals surface area contributed by atoms with Gasteiger partial charge in [0.05, 0.1) is 0 Å². The highest BCUT2D eigenvalue weighted by molar-refractivity contribution is 4.84. The molecule has 0 aromatic rings. The molecule has 2 atom stereocenters. The molecule has 1 aliphatic heterocycles. The van der Waals surface area contributed by atoms with Crippen molar-refractivity contribution in [3.63, 3.8) is 0 Å². The summed E-state index contributed by atoms with van der Waals surface area (Å²) in [6, 6.07) is 0. The Bertz CT molecular complexity index is 160. The first-order chi connectivity index (χ1) is 6.92. The third kappa shape index (κ3) is 2.29. The first kappa shape index (κ1) is 10.4. The van der Waals surface area contributed by atoms with E-state index in [4.69, 9.17) is 9.84 Å². The third-order valence-corrected chi connectivity index (χ3v) is 4.02. The molecule has 1 aliphatic carbocycles. The van der Waals surface area contributed by atoms with E-state index in [2.05, 4.69) is 0 Å². The molecule has 1 saturated heterocycles. The molecule has 0 amide bonds. The molecule has 2 unspecified atom stereocenters. The lowest BCUT2D eigenvalue weighted by Crippen LogP contribution is -2.29. The van der Waals surface area contributed by atoms with Crippen LogP contribution in [0.5, 0.6) is 0 Å². The second-order valence-corrected chi connectivity index (χ2v) is 4.84. The molecule has 2 aliphatic rings. The van der Waals surface area contributed by atoms with Gasteiger partial charge in [-0.15, -0.1) is 0 Å². The van der Waals surface area contributed by atoms with Crippen LogP contribution in [0.1, 0.15) is 38.5 Å². The largest absolute Gasteiger partial charge is 0.396 e. The molecule has 2 rings (SSSR count). The van der Waals surface area contributed by atoms with Crippen LogP contribution in [0, 0.1) is 17.8 Å². The summed E-state index contributed by atoms with van der Waals surface area (Å²) < 4.78 is 5.47. The number of ether oxygens (including phenoxy) is 1. The quantitative estimate of drug-likeness (QED) is 0.734. The van der Waals surface area contributed by atoms with Gasteiger partial charge in [0, 0.05) is 19.8 Å². The number of hydrogen-bond acceptors (Lipinski definition) is 2. The third-order valence-electron chi connectivity index (χ3n) is 4.02. The zero-order chi connectivity index (χ0) is 9.80. The van der Waals surface area contributed by atoms with E-state index in [1.165, 1.54) is 32.1 Å². The Balaban J connectivity index is 1.83. The maximum Gasteiger partial charge on any atom is 0.0497 e. The predicted molar refractivity (Wildman–Crippen MR) is 56.1 cm³/mol. The van der Waals surface area contributed by atoms with Gasteiger partial charge in [-0.1, -0.05) is 19.3 Å². The summed E-state index contributed by atoms with van der Waals surface area (Å²) in [5.74, 6) is 2.60. The summed E-state index contributed by atoms with van der Waals surface area (Å²) in [5.41, 5.74) is 0. The molecule has 82 valence electrons. The van der Waals surface area contributed by atoms with Gasteiger partial charge in [0.25, 0.3) is 0 Å². The van der Waals surface area contributed by atoms with E-state index in [0.717, 1.165) is 37.4 Å². The van der Waals surface area contributed by atoms with E-state index >= 15 is 0 Å². The van der Waals surface area contributed by atoms with E-state index in [1.54, 1.807) is 0 Å². The molecule has 0 spiro atoms. The fourth-order valence-corrected chi connectivity index (χ4v) is 2.94. The van der Waals surface area contributed by atoms with Gasteiger partial charge in [0.2, 0.25) is 0 Å². The lowest BCUT2D eigenvalue weighted by molar-refractivity contribution is 0.105. The lowest BCUT2D eigenvalue weighted by Gasteiger charge is -2.37. The molecule has 0 radical (unpaired) electrons. The van der Waals surface area contributed by atoms with E-state index < -0.39 is 0 Å². The van der Waals surface area contributed by atoms with E-state index in [9.17, 15) is 0 Å². The average Bonchev–Trinajstić information content (AvgIpc) is 2.61. The fourth-order valence-electron chi connectivity index (χ4n) is 2.94. The molecule has 2 nitrogen and oxygen atoms in total. The van der Waals surface area contributed by atoms with Crippen LogP contribution in [-0.2, 0) is 4.74 Å². The number of hydrogen-bond donors (Lipinski definition) is 1. The van der Waals surface area contributed by atoms with Crippen molar-refractivity contribution in [3.05, 3.63) is 0 Å². The summed E-state index contributed by atoms with van der Waals surface area (Å²) >= 11 is 0. The predicted octanol–water partition coefficient (Wildman–Crippen LogP) is 2.21. The van der Waals surface area contributed by atoms with Crippen LogP contribution in [0.3, 0.4) is 0 Å². The highest BCUT2D eigenvalue weighted by Gasteiger charge is 2.34. The summed E-state index contributed by atoms with van der Waals surface area (Å²) in [7, 11) is 0. The SMILES string of the molecule is OCCCC(C1CCC1)C1CCOC1. The van der Waals surface area contributed by atoms with Gasteiger partial charge in [-0.25, -0.2) is 0 Å². The van der Waals surface area contributed by atoms with Crippen LogP contribution < -0.4 is 0 Å². The Kier molecular flexibility index (Phi) is 3.82. The van der Waals surface area contributed by atoms with Crippen LogP contribution >= 0.6 is 0 Å². The molecule has 2 heteroatoms. The zero-order valence-corrected chi connectivity index (χ0v) is 8.95. The number of aliphatic hydroxyl groups is 1. The van der Waals surface area contributed by atoms with Gasteiger partial charge < -0.3 is 9.84 Å². The Morgan fingerprint density at radius 3 is 2.57 bits per heavy atom. The topological polar surface area (TPSA) is 29.5 Å². The van der Waals surface area contributed by atoms with Gasteiger partial charge in [0.15, 0.2) is 0 Å². The van der Waals surface area contributed by atoms with Gasteiger partial charge in [0.1, 0.15) is 0 Å². The van der Waals surface area contributed by atoms with E-state index in [0.29, 0.717) is 6.61 Å². The second-order valence-electron chi connectivity index (χ2n) is 4.84. The van der Waals surface area contributed by atoms with Crippen molar-refractivity contribution in [2.45, 2.75) is 38.5 Å². The average molecular weight is 198 g/mol. The minimum atomic E-state index is 0.358. The Hall–Kier alpha value is -0.0800. The van der Waals surface area contributed by atoms with Crippen molar-refractivity contribution in [3.8, 4) is 0 Å². The van der Waals surface area contributed by atoms with E-state index in [1.807, 2.05) is 0 Å². The number of rotatable bonds is 5. The maximum absolute atomic E-state index is 8.90. The monoisotopic (exact) mass is 198 g/mol. The van der Waals surface area contributed by atoms with Crippen molar-refractivity contribution in [1.29, 1.82) is 0 Å². The normalized spacial score (nSPS) is 30.2. The molecule has 0 aromatic heterocycles. The Morgan fingerprint density at radius 2 is 2.07 bits per heavy atom. The lowest BCUT2D eigenvalue weighted by atomic mass is 9.68. The summed E-state index contributed by atoms with van der Waals surface area (Å²) in [5, 5.41) is 8.90. The smallest absolute Gasteiger partial charge is 0.0497 e. The number of aliphatic hydroxyl groups excluding tert-OH is 1. The zero-order valence-electron chi connectivity index (χ0n) is 8.95. The fraction of sp³-hybridized carbons (Fsp3) is 1.00. The minimum absolute atomic E-state index is 0.358. The van der Waals surface area contributed by atoms with Gasteiger partial charge >= 0.3 is 0 Å². The van der Waals surface area contributed by atoms with Crippen LogP contribution in [-0.4, -0.2) is 24.9 Å². The molecule has 0 bridgehead atoms. The van der Waals surface area contributed by atoms with Crippen molar-refractivity contribution >= 4 is 0 Å². The van der Waals surface area contributed by atoms with Gasteiger partial charge in [-0.2, -0.15) is 0 Å². The van der Waals surface area contributed by atoms with Crippen molar-refractivity contribution in [2.75, 3.05) is 19.8 Å².